The van der Waals surface area contributed by atoms with E-state index in [1.54, 1.807) is 4.90 Å². The Morgan fingerprint density at radius 3 is 2.75 bits per heavy atom. The van der Waals surface area contributed by atoms with E-state index in [1.807, 2.05) is 20.8 Å². The number of aryl methyl sites for hydroxylation is 1. The third kappa shape index (κ3) is 2.69. The Kier molecular flexibility index (Phi) is 4.11. The molecule has 1 atom stereocenters. The molecular weight excluding hydrogens is 258 g/mol. The lowest BCUT2D eigenvalue weighted by molar-refractivity contribution is -0.143. The number of aliphatic carboxylic acids is 1. The number of piperidine rings is 1. The van der Waals surface area contributed by atoms with Gasteiger partial charge in [-0.1, -0.05) is 13.8 Å². The second-order valence-electron chi connectivity index (χ2n) is 5.69. The minimum Gasteiger partial charge on any atom is -0.481 e. The molecule has 0 radical (unpaired) electrons. The van der Waals surface area contributed by atoms with Crippen LogP contribution < -0.4 is 0 Å². The molecule has 6 heteroatoms. The summed E-state index contributed by atoms with van der Waals surface area (Å²) in [5.41, 5.74) is 2.10. The predicted octanol–water partition coefficient (Wildman–Crippen LogP) is 1.78. The minimum absolute atomic E-state index is 0.106. The molecule has 20 heavy (non-hydrogen) atoms. The molecule has 1 aromatic rings. The van der Waals surface area contributed by atoms with Crippen molar-refractivity contribution in [3.05, 3.63) is 17.0 Å². The van der Waals surface area contributed by atoms with Crippen LogP contribution in [-0.2, 0) is 4.79 Å². The van der Waals surface area contributed by atoms with Crippen molar-refractivity contribution in [2.45, 2.75) is 39.5 Å². The number of aromatic amines is 1. The van der Waals surface area contributed by atoms with Gasteiger partial charge >= 0.3 is 5.97 Å². The summed E-state index contributed by atoms with van der Waals surface area (Å²) in [6.07, 6.45) is 1.37. The first-order chi connectivity index (χ1) is 9.41. The first-order valence-corrected chi connectivity index (χ1v) is 6.98. The van der Waals surface area contributed by atoms with Crippen molar-refractivity contribution in [1.29, 1.82) is 0 Å². The summed E-state index contributed by atoms with van der Waals surface area (Å²) < 4.78 is 0. The van der Waals surface area contributed by atoms with Crippen molar-refractivity contribution >= 4 is 11.9 Å². The smallest absolute Gasteiger partial charge is 0.308 e. The maximum atomic E-state index is 12.6. The third-order valence-corrected chi connectivity index (χ3v) is 3.79. The molecule has 1 amide bonds. The molecule has 0 saturated carbocycles. The number of nitrogens with zero attached hydrogens (tertiary/aromatic N) is 2. The van der Waals surface area contributed by atoms with E-state index >= 15 is 0 Å². The lowest BCUT2D eigenvalue weighted by Gasteiger charge is -2.31. The van der Waals surface area contributed by atoms with Gasteiger partial charge in [0, 0.05) is 18.8 Å². The zero-order valence-electron chi connectivity index (χ0n) is 12.1. The van der Waals surface area contributed by atoms with Gasteiger partial charge in [-0.05, 0) is 25.7 Å². The fourth-order valence-electron chi connectivity index (χ4n) is 2.66. The summed E-state index contributed by atoms with van der Waals surface area (Å²) in [6.45, 7) is 6.71. The Morgan fingerprint density at radius 1 is 1.45 bits per heavy atom. The molecule has 1 saturated heterocycles. The number of hydrogen-bond donors (Lipinski definition) is 2. The van der Waals surface area contributed by atoms with Crippen LogP contribution in [0.4, 0.5) is 0 Å². The van der Waals surface area contributed by atoms with Crippen LogP contribution in [0.1, 0.15) is 54.4 Å². The molecule has 0 spiro atoms. The molecule has 2 rings (SSSR count). The third-order valence-electron chi connectivity index (χ3n) is 3.79. The second kappa shape index (κ2) is 5.64. The highest BCUT2D eigenvalue weighted by molar-refractivity contribution is 5.97. The Hall–Kier alpha value is -1.85. The number of aromatic nitrogens is 2. The summed E-state index contributed by atoms with van der Waals surface area (Å²) in [4.78, 5) is 25.4. The van der Waals surface area contributed by atoms with Gasteiger partial charge < -0.3 is 10.0 Å². The van der Waals surface area contributed by atoms with Crippen molar-refractivity contribution in [2.75, 3.05) is 13.1 Å². The van der Waals surface area contributed by atoms with E-state index in [1.165, 1.54) is 0 Å². The van der Waals surface area contributed by atoms with Gasteiger partial charge in [-0.25, -0.2) is 0 Å². The van der Waals surface area contributed by atoms with Gasteiger partial charge in [0.25, 0.3) is 5.91 Å². The number of carbonyl (C=O) groups is 2. The number of likely N-dealkylation sites (tertiary alicyclic amines) is 1. The minimum atomic E-state index is -0.824. The van der Waals surface area contributed by atoms with Gasteiger partial charge in [0.15, 0.2) is 0 Å². The number of rotatable bonds is 3. The molecule has 0 bridgehead atoms. The molecule has 2 heterocycles. The molecule has 6 nitrogen and oxygen atoms in total. The zero-order valence-corrected chi connectivity index (χ0v) is 12.1. The fourth-order valence-corrected chi connectivity index (χ4v) is 2.66. The summed E-state index contributed by atoms with van der Waals surface area (Å²) in [6, 6.07) is 0. The maximum absolute atomic E-state index is 12.6. The average Bonchev–Trinajstić information content (AvgIpc) is 2.80. The quantitative estimate of drug-likeness (QED) is 0.883. The Labute approximate surface area is 118 Å². The first kappa shape index (κ1) is 14.6. The monoisotopic (exact) mass is 279 g/mol. The van der Waals surface area contributed by atoms with Crippen molar-refractivity contribution in [2.24, 2.45) is 5.92 Å². The number of hydrogen-bond acceptors (Lipinski definition) is 3. The highest BCUT2D eigenvalue weighted by Gasteiger charge is 2.31. The highest BCUT2D eigenvalue weighted by atomic mass is 16.4. The zero-order chi connectivity index (χ0) is 14.9. The molecule has 0 aliphatic carbocycles. The molecule has 0 aromatic carbocycles. The molecule has 1 aromatic heterocycles. The number of carbonyl (C=O) groups excluding carboxylic acids is 1. The van der Waals surface area contributed by atoms with Crippen LogP contribution in [0.5, 0.6) is 0 Å². The summed E-state index contributed by atoms with van der Waals surface area (Å²) in [5.74, 6) is -1.23. The van der Waals surface area contributed by atoms with Crippen molar-refractivity contribution in [1.82, 2.24) is 15.1 Å². The van der Waals surface area contributed by atoms with Gasteiger partial charge in [0.2, 0.25) is 0 Å². The van der Waals surface area contributed by atoms with Crippen LogP contribution in [0.25, 0.3) is 0 Å². The van der Waals surface area contributed by atoms with Gasteiger partial charge in [-0.15, -0.1) is 0 Å². The summed E-state index contributed by atoms with van der Waals surface area (Å²) in [5, 5.41) is 16.2. The van der Waals surface area contributed by atoms with E-state index in [-0.39, 0.29) is 18.4 Å². The molecule has 110 valence electrons. The molecule has 2 N–H and O–H groups in total. The summed E-state index contributed by atoms with van der Waals surface area (Å²) >= 11 is 0. The second-order valence-corrected chi connectivity index (χ2v) is 5.69. The van der Waals surface area contributed by atoms with Crippen LogP contribution in [0.15, 0.2) is 0 Å². The van der Waals surface area contributed by atoms with Crippen LogP contribution in [0.3, 0.4) is 0 Å². The van der Waals surface area contributed by atoms with Crippen molar-refractivity contribution in [3.8, 4) is 0 Å². The largest absolute Gasteiger partial charge is 0.481 e. The van der Waals surface area contributed by atoms with Gasteiger partial charge in [0.1, 0.15) is 0 Å². The number of amides is 1. The van der Waals surface area contributed by atoms with Gasteiger partial charge in [0.05, 0.1) is 17.2 Å². The van der Waals surface area contributed by atoms with Crippen molar-refractivity contribution < 1.29 is 14.7 Å². The summed E-state index contributed by atoms with van der Waals surface area (Å²) in [7, 11) is 0. The fraction of sp³-hybridized carbons (Fsp3) is 0.643. The van der Waals surface area contributed by atoms with E-state index in [0.29, 0.717) is 18.5 Å². The topological polar surface area (TPSA) is 86.3 Å². The molecule has 1 unspecified atom stereocenters. The SMILES string of the molecule is Cc1[nH]nc(C(C)C)c1C(=O)N1CCCC(C(=O)O)C1. The highest BCUT2D eigenvalue weighted by Crippen LogP contribution is 2.24. The standard InChI is InChI=1S/C14H21N3O3/c1-8(2)12-11(9(3)15-16-12)13(18)17-6-4-5-10(7-17)14(19)20/h8,10H,4-7H2,1-3H3,(H,15,16)(H,19,20). The van der Waals surface area contributed by atoms with Crippen LogP contribution in [0, 0.1) is 12.8 Å². The molecular formula is C14H21N3O3. The van der Waals surface area contributed by atoms with E-state index in [2.05, 4.69) is 10.2 Å². The lowest BCUT2D eigenvalue weighted by Crippen LogP contribution is -2.42. The Balaban J connectivity index is 2.23. The normalized spacial score (nSPS) is 19.4. The van der Waals surface area contributed by atoms with Crippen molar-refractivity contribution in [3.63, 3.8) is 0 Å². The number of carboxylic acid groups (broad SMARTS) is 1. The Morgan fingerprint density at radius 2 is 2.15 bits per heavy atom. The van der Waals surface area contributed by atoms with E-state index in [0.717, 1.165) is 17.8 Å². The first-order valence-electron chi connectivity index (χ1n) is 6.98. The maximum Gasteiger partial charge on any atom is 0.308 e. The van der Waals surface area contributed by atoms with E-state index in [9.17, 15) is 9.59 Å². The van der Waals surface area contributed by atoms with Crippen LogP contribution >= 0.6 is 0 Å². The Bertz CT molecular complexity index is 522. The van der Waals surface area contributed by atoms with Gasteiger partial charge in [-0.2, -0.15) is 5.10 Å². The van der Waals surface area contributed by atoms with Gasteiger partial charge in [-0.3, -0.25) is 14.7 Å². The van der Waals surface area contributed by atoms with E-state index in [4.69, 9.17) is 5.11 Å². The predicted molar refractivity (Wildman–Crippen MR) is 73.7 cm³/mol. The van der Waals surface area contributed by atoms with Crippen LogP contribution in [-0.4, -0.2) is 45.2 Å². The average molecular weight is 279 g/mol. The molecule has 1 fully saturated rings. The molecule has 1 aliphatic heterocycles. The lowest BCUT2D eigenvalue weighted by atomic mass is 9.96. The van der Waals surface area contributed by atoms with E-state index < -0.39 is 11.9 Å². The molecule has 1 aliphatic rings. The number of carboxylic acids is 1. The number of H-pyrrole nitrogens is 1. The van der Waals surface area contributed by atoms with Crippen LogP contribution in [0.2, 0.25) is 0 Å². The number of nitrogens with one attached hydrogen (secondary N) is 1.